The number of hydrogen-bond acceptors (Lipinski definition) is 2. The van der Waals surface area contributed by atoms with Crippen molar-refractivity contribution >= 4 is 12.0 Å². The lowest BCUT2D eigenvalue weighted by Crippen LogP contribution is -2.42. The first-order chi connectivity index (χ1) is 8.58. The van der Waals surface area contributed by atoms with Crippen LogP contribution in [0.5, 0.6) is 0 Å². The molecule has 2 amide bonds. The van der Waals surface area contributed by atoms with Crippen molar-refractivity contribution in [3.63, 3.8) is 0 Å². The molecular weight excluding hydrogens is 232 g/mol. The number of amides is 2. The number of aliphatic carboxylic acids is 1. The predicted molar refractivity (Wildman–Crippen MR) is 69.4 cm³/mol. The van der Waals surface area contributed by atoms with Crippen molar-refractivity contribution in [1.82, 2.24) is 9.80 Å². The topological polar surface area (TPSA) is 60.9 Å². The first-order valence-corrected chi connectivity index (χ1v) is 6.45. The zero-order chi connectivity index (χ0) is 13.5. The van der Waals surface area contributed by atoms with Gasteiger partial charge in [0.05, 0.1) is 0 Å². The van der Waals surface area contributed by atoms with E-state index in [4.69, 9.17) is 5.11 Å². The first-order valence-electron chi connectivity index (χ1n) is 6.45. The largest absolute Gasteiger partial charge is 0.481 e. The van der Waals surface area contributed by atoms with E-state index in [1.807, 2.05) is 6.92 Å². The van der Waals surface area contributed by atoms with Crippen LogP contribution in [-0.2, 0) is 4.79 Å². The maximum atomic E-state index is 12.2. The fourth-order valence-electron chi connectivity index (χ4n) is 2.31. The van der Waals surface area contributed by atoms with Crippen molar-refractivity contribution in [3.05, 3.63) is 12.7 Å². The highest BCUT2D eigenvalue weighted by Gasteiger charge is 2.29. The first kappa shape index (κ1) is 14.5. The Bertz CT molecular complexity index is 317. The molecule has 1 atom stereocenters. The quantitative estimate of drug-likeness (QED) is 0.735. The van der Waals surface area contributed by atoms with E-state index in [1.54, 1.807) is 15.9 Å². The second-order valence-corrected chi connectivity index (χ2v) is 4.72. The highest BCUT2D eigenvalue weighted by atomic mass is 16.4. The highest BCUT2D eigenvalue weighted by molar-refractivity contribution is 5.75. The molecule has 1 fully saturated rings. The van der Waals surface area contributed by atoms with Crippen LogP contribution in [0, 0.1) is 5.92 Å². The minimum absolute atomic E-state index is 0.00430. The number of carboxylic acid groups (broad SMARTS) is 1. The molecular formula is C13H22N2O3. The number of carbonyl (C=O) groups is 2. The molecule has 1 rings (SSSR count). The van der Waals surface area contributed by atoms with Crippen molar-refractivity contribution in [1.29, 1.82) is 0 Å². The Hall–Kier alpha value is -1.52. The summed E-state index contributed by atoms with van der Waals surface area (Å²) in [6, 6.07) is 0.00430. The van der Waals surface area contributed by atoms with Gasteiger partial charge in [-0.2, -0.15) is 0 Å². The third-order valence-electron chi connectivity index (χ3n) is 3.13. The van der Waals surface area contributed by atoms with E-state index in [1.165, 1.54) is 0 Å². The summed E-state index contributed by atoms with van der Waals surface area (Å²) in [4.78, 5) is 26.4. The molecule has 0 bridgehead atoms. The van der Waals surface area contributed by atoms with Crippen LogP contribution < -0.4 is 0 Å². The molecule has 1 saturated heterocycles. The molecule has 0 radical (unpaired) electrons. The van der Waals surface area contributed by atoms with Gasteiger partial charge in [0.25, 0.3) is 0 Å². The molecule has 1 unspecified atom stereocenters. The molecule has 1 aliphatic rings. The van der Waals surface area contributed by atoms with E-state index in [0.29, 0.717) is 26.2 Å². The van der Waals surface area contributed by atoms with E-state index in [0.717, 1.165) is 12.8 Å². The van der Waals surface area contributed by atoms with Gasteiger partial charge in [-0.15, -0.1) is 6.58 Å². The third-order valence-corrected chi connectivity index (χ3v) is 3.13. The summed E-state index contributed by atoms with van der Waals surface area (Å²) < 4.78 is 0. The molecule has 18 heavy (non-hydrogen) atoms. The van der Waals surface area contributed by atoms with Crippen LogP contribution in [0.25, 0.3) is 0 Å². The van der Waals surface area contributed by atoms with Gasteiger partial charge in [0, 0.05) is 32.6 Å². The number of hydrogen-bond donors (Lipinski definition) is 1. The Morgan fingerprint density at radius 2 is 2.28 bits per heavy atom. The van der Waals surface area contributed by atoms with E-state index < -0.39 is 5.97 Å². The Morgan fingerprint density at radius 1 is 1.56 bits per heavy atom. The van der Waals surface area contributed by atoms with Crippen LogP contribution in [0.3, 0.4) is 0 Å². The summed E-state index contributed by atoms with van der Waals surface area (Å²) in [5, 5.41) is 8.75. The maximum absolute atomic E-state index is 12.2. The molecule has 1 N–H and O–H groups in total. The van der Waals surface area contributed by atoms with Crippen molar-refractivity contribution in [2.45, 2.75) is 26.2 Å². The molecule has 5 heteroatoms. The lowest BCUT2D eigenvalue weighted by molar-refractivity contribution is -0.138. The molecule has 0 aromatic heterocycles. The Kier molecular flexibility index (Phi) is 5.68. The van der Waals surface area contributed by atoms with E-state index in [-0.39, 0.29) is 18.4 Å². The van der Waals surface area contributed by atoms with Crippen molar-refractivity contribution in [2.75, 3.05) is 26.2 Å². The van der Waals surface area contributed by atoms with Gasteiger partial charge in [-0.05, 0) is 18.8 Å². The average molecular weight is 254 g/mol. The summed E-state index contributed by atoms with van der Waals surface area (Å²) in [6.07, 6.45) is 3.56. The molecule has 0 saturated carbocycles. The number of carbonyl (C=O) groups excluding carboxylic acids is 1. The van der Waals surface area contributed by atoms with Crippen LogP contribution in [0.15, 0.2) is 12.7 Å². The van der Waals surface area contributed by atoms with Crippen LogP contribution in [0.4, 0.5) is 4.79 Å². The molecule has 0 aliphatic carbocycles. The standard InChI is InChI=1S/C13H22N2O3/c1-3-6-14(7-4-2)13(18)15-8-5-11(10-15)9-12(16)17/h3,11H,1,4-10H2,2H3,(H,16,17). The molecule has 1 aliphatic heterocycles. The van der Waals surface area contributed by atoms with Crippen LogP contribution >= 0.6 is 0 Å². The number of nitrogens with zero attached hydrogens (tertiary/aromatic N) is 2. The number of urea groups is 1. The second kappa shape index (κ2) is 7.03. The third kappa shape index (κ3) is 4.05. The van der Waals surface area contributed by atoms with Crippen molar-refractivity contribution < 1.29 is 14.7 Å². The van der Waals surface area contributed by atoms with Crippen molar-refractivity contribution in [3.8, 4) is 0 Å². The maximum Gasteiger partial charge on any atom is 0.320 e. The summed E-state index contributed by atoms with van der Waals surface area (Å²) in [7, 11) is 0. The summed E-state index contributed by atoms with van der Waals surface area (Å²) in [5.74, 6) is -0.690. The second-order valence-electron chi connectivity index (χ2n) is 4.72. The van der Waals surface area contributed by atoms with Gasteiger partial charge in [-0.25, -0.2) is 4.79 Å². The Labute approximate surface area is 108 Å². The summed E-state index contributed by atoms with van der Waals surface area (Å²) >= 11 is 0. The van der Waals surface area contributed by atoms with Crippen LogP contribution in [0.1, 0.15) is 26.2 Å². The summed E-state index contributed by atoms with van der Waals surface area (Å²) in [5.41, 5.74) is 0. The van der Waals surface area contributed by atoms with E-state index >= 15 is 0 Å². The zero-order valence-electron chi connectivity index (χ0n) is 11.0. The van der Waals surface area contributed by atoms with E-state index in [2.05, 4.69) is 6.58 Å². The van der Waals surface area contributed by atoms with Crippen LogP contribution in [-0.4, -0.2) is 53.1 Å². The Morgan fingerprint density at radius 3 is 2.83 bits per heavy atom. The van der Waals surface area contributed by atoms with Gasteiger partial charge < -0.3 is 14.9 Å². The van der Waals surface area contributed by atoms with Gasteiger partial charge >= 0.3 is 12.0 Å². The van der Waals surface area contributed by atoms with Gasteiger partial charge in [0.15, 0.2) is 0 Å². The predicted octanol–water partition coefficient (Wildman–Crippen LogP) is 1.80. The van der Waals surface area contributed by atoms with Crippen molar-refractivity contribution in [2.24, 2.45) is 5.92 Å². The van der Waals surface area contributed by atoms with Gasteiger partial charge in [-0.3, -0.25) is 4.79 Å². The van der Waals surface area contributed by atoms with E-state index in [9.17, 15) is 9.59 Å². The number of rotatable bonds is 6. The van der Waals surface area contributed by atoms with Gasteiger partial charge in [0.1, 0.15) is 0 Å². The minimum atomic E-state index is -0.786. The van der Waals surface area contributed by atoms with Gasteiger partial charge in [0.2, 0.25) is 0 Å². The average Bonchev–Trinajstić information content (AvgIpc) is 2.75. The summed E-state index contributed by atoms with van der Waals surface area (Å²) in [6.45, 7) is 8.16. The zero-order valence-corrected chi connectivity index (χ0v) is 11.0. The number of carboxylic acids is 1. The normalized spacial score (nSPS) is 18.7. The minimum Gasteiger partial charge on any atom is -0.481 e. The molecule has 5 nitrogen and oxygen atoms in total. The highest BCUT2D eigenvalue weighted by Crippen LogP contribution is 2.20. The monoisotopic (exact) mass is 254 g/mol. The van der Waals surface area contributed by atoms with Crippen LogP contribution in [0.2, 0.25) is 0 Å². The SMILES string of the molecule is C=CCN(CCC)C(=O)N1CCC(CC(=O)O)C1. The Balaban J connectivity index is 2.51. The molecule has 102 valence electrons. The fraction of sp³-hybridized carbons (Fsp3) is 0.692. The smallest absolute Gasteiger partial charge is 0.320 e. The lowest BCUT2D eigenvalue weighted by atomic mass is 10.1. The molecule has 0 spiro atoms. The molecule has 1 heterocycles. The number of likely N-dealkylation sites (tertiary alicyclic amines) is 1. The molecule has 0 aromatic carbocycles. The lowest BCUT2D eigenvalue weighted by Gasteiger charge is -2.26. The molecule has 0 aromatic rings. The van der Waals surface area contributed by atoms with Gasteiger partial charge in [-0.1, -0.05) is 13.0 Å². The fourth-order valence-corrected chi connectivity index (χ4v) is 2.31.